The first kappa shape index (κ1) is 11.3. The van der Waals surface area contributed by atoms with E-state index in [1.807, 2.05) is 0 Å². The van der Waals surface area contributed by atoms with Gasteiger partial charge in [-0.2, -0.15) is 0 Å². The zero-order chi connectivity index (χ0) is 12.2. The van der Waals surface area contributed by atoms with E-state index in [1.165, 1.54) is 19.3 Å². The van der Waals surface area contributed by atoms with Crippen molar-refractivity contribution in [2.24, 2.45) is 23.7 Å². The smallest absolute Gasteiger partial charge is 0.333 e. The lowest BCUT2D eigenvalue weighted by atomic mass is 9.60. The average molecular weight is 234 g/mol. The van der Waals surface area contributed by atoms with Crippen LogP contribution in [0.4, 0.5) is 0 Å². The topological polar surface area (TPSA) is 26.3 Å². The molecule has 0 saturated heterocycles. The second kappa shape index (κ2) is 3.60. The van der Waals surface area contributed by atoms with Crippen molar-refractivity contribution in [3.8, 4) is 0 Å². The number of esters is 1. The third-order valence-electron chi connectivity index (χ3n) is 5.59. The van der Waals surface area contributed by atoms with Crippen LogP contribution in [0.25, 0.3) is 0 Å². The van der Waals surface area contributed by atoms with Crippen molar-refractivity contribution in [2.75, 3.05) is 0 Å². The predicted molar refractivity (Wildman–Crippen MR) is 66.4 cm³/mol. The molecule has 0 aliphatic heterocycles. The SMILES string of the molecule is C=C(C)C(=O)OC1(CC)CC2CC1C1CCC21. The van der Waals surface area contributed by atoms with Gasteiger partial charge in [0.2, 0.25) is 0 Å². The summed E-state index contributed by atoms with van der Waals surface area (Å²) < 4.78 is 5.86. The molecule has 2 heteroatoms. The molecule has 3 aliphatic rings. The zero-order valence-corrected chi connectivity index (χ0v) is 10.9. The highest BCUT2D eigenvalue weighted by atomic mass is 16.6. The summed E-state index contributed by atoms with van der Waals surface area (Å²) >= 11 is 0. The van der Waals surface area contributed by atoms with Crippen molar-refractivity contribution < 1.29 is 9.53 Å². The molecule has 2 bridgehead atoms. The van der Waals surface area contributed by atoms with Crippen LogP contribution in [0.1, 0.15) is 46.0 Å². The largest absolute Gasteiger partial charge is 0.455 e. The maximum atomic E-state index is 11.8. The Bertz CT molecular complexity index is 371. The summed E-state index contributed by atoms with van der Waals surface area (Å²) in [5.74, 6) is 3.10. The van der Waals surface area contributed by atoms with E-state index < -0.39 is 0 Å². The van der Waals surface area contributed by atoms with E-state index in [-0.39, 0.29) is 11.6 Å². The second-order valence-corrected chi connectivity index (χ2v) is 6.30. The molecule has 3 rings (SSSR count). The zero-order valence-electron chi connectivity index (χ0n) is 10.9. The molecule has 0 aromatic heterocycles. The molecule has 3 saturated carbocycles. The lowest BCUT2D eigenvalue weighted by molar-refractivity contribution is -0.170. The number of carbonyl (C=O) groups is 1. The molecule has 3 fully saturated rings. The van der Waals surface area contributed by atoms with Crippen LogP contribution in [0.15, 0.2) is 12.2 Å². The molecule has 0 aromatic carbocycles. The maximum Gasteiger partial charge on any atom is 0.333 e. The first-order chi connectivity index (χ1) is 8.07. The summed E-state index contributed by atoms with van der Waals surface area (Å²) in [6.07, 6.45) is 6.15. The van der Waals surface area contributed by atoms with Crippen LogP contribution in [0.2, 0.25) is 0 Å². The summed E-state index contributed by atoms with van der Waals surface area (Å²) in [6, 6.07) is 0. The number of ether oxygens (including phenoxy) is 1. The monoisotopic (exact) mass is 234 g/mol. The Morgan fingerprint density at radius 3 is 2.59 bits per heavy atom. The van der Waals surface area contributed by atoms with Gasteiger partial charge in [-0.1, -0.05) is 13.5 Å². The molecule has 94 valence electrons. The Kier molecular flexibility index (Phi) is 2.39. The van der Waals surface area contributed by atoms with Crippen LogP contribution in [0.3, 0.4) is 0 Å². The van der Waals surface area contributed by atoms with Gasteiger partial charge in [-0.05, 0) is 56.8 Å². The first-order valence-electron chi connectivity index (χ1n) is 6.96. The number of hydrogen-bond donors (Lipinski definition) is 0. The van der Waals surface area contributed by atoms with Crippen LogP contribution in [0.5, 0.6) is 0 Å². The molecule has 3 aliphatic carbocycles. The second-order valence-electron chi connectivity index (χ2n) is 6.30. The normalized spacial score (nSPS) is 46.2. The fourth-order valence-corrected chi connectivity index (χ4v) is 4.61. The highest BCUT2D eigenvalue weighted by molar-refractivity contribution is 5.87. The highest BCUT2D eigenvalue weighted by Gasteiger charge is 2.63. The van der Waals surface area contributed by atoms with E-state index in [1.54, 1.807) is 6.92 Å². The molecular weight excluding hydrogens is 212 g/mol. The van der Waals surface area contributed by atoms with Gasteiger partial charge >= 0.3 is 5.97 Å². The van der Waals surface area contributed by atoms with Gasteiger partial charge in [0.1, 0.15) is 5.60 Å². The third-order valence-corrected chi connectivity index (χ3v) is 5.59. The molecule has 0 amide bonds. The van der Waals surface area contributed by atoms with Crippen molar-refractivity contribution in [2.45, 2.75) is 51.6 Å². The first-order valence-corrected chi connectivity index (χ1v) is 6.96. The van der Waals surface area contributed by atoms with Gasteiger partial charge in [0.25, 0.3) is 0 Å². The van der Waals surface area contributed by atoms with Gasteiger partial charge in [0, 0.05) is 11.5 Å². The predicted octanol–water partition coefficient (Wildman–Crippen LogP) is 3.32. The number of carbonyl (C=O) groups excluding carboxylic acids is 1. The van der Waals surface area contributed by atoms with Crippen molar-refractivity contribution in [3.63, 3.8) is 0 Å². The Balaban J connectivity index is 1.80. The van der Waals surface area contributed by atoms with E-state index in [0.29, 0.717) is 11.5 Å². The van der Waals surface area contributed by atoms with Gasteiger partial charge in [-0.3, -0.25) is 0 Å². The van der Waals surface area contributed by atoms with E-state index in [4.69, 9.17) is 4.74 Å². The van der Waals surface area contributed by atoms with Crippen molar-refractivity contribution >= 4 is 5.97 Å². The van der Waals surface area contributed by atoms with Gasteiger partial charge < -0.3 is 4.74 Å². The van der Waals surface area contributed by atoms with Crippen LogP contribution < -0.4 is 0 Å². The lowest BCUT2D eigenvalue weighted by Gasteiger charge is -2.49. The van der Waals surface area contributed by atoms with Crippen molar-refractivity contribution in [1.29, 1.82) is 0 Å². The van der Waals surface area contributed by atoms with E-state index in [0.717, 1.165) is 30.6 Å². The summed E-state index contributed by atoms with van der Waals surface area (Å²) in [5.41, 5.74) is 0.383. The molecule has 0 spiro atoms. The molecule has 5 unspecified atom stereocenters. The minimum absolute atomic E-state index is 0.151. The van der Waals surface area contributed by atoms with Crippen LogP contribution >= 0.6 is 0 Å². The number of rotatable bonds is 3. The van der Waals surface area contributed by atoms with Crippen LogP contribution in [-0.4, -0.2) is 11.6 Å². The lowest BCUT2D eigenvalue weighted by Crippen LogP contribution is -2.49. The molecular formula is C15H22O2. The fraction of sp³-hybridized carbons (Fsp3) is 0.800. The highest BCUT2D eigenvalue weighted by Crippen LogP contribution is 2.66. The van der Waals surface area contributed by atoms with Crippen LogP contribution in [-0.2, 0) is 9.53 Å². The number of hydrogen-bond acceptors (Lipinski definition) is 2. The Morgan fingerprint density at radius 1 is 1.41 bits per heavy atom. The minimum atomic E-state index is -0.185. The maximum absolute atomic E-state index is 11.8. The average Bonchev–Trinajstić information content (AvgIpc) is 2.67. The Hall–Kier alpha value is -0.790. The minimum Gasteiger partial charge on any atom is -0.455 e. The molecule has 2 nitrogen and oxygen atoms in total. The quantitative estimate of drug-likeness (QED) is 0.553. The van der Waals surface area contributed by atoms with E-state index in [9.17, 15) is 4.79 Å². The van der Waals surface area contributed by atoms with Crippen molar-refractivity contribution in [3.05, 3.63) is 12.2 Å². The Morgan fingerprint density at radius 2 is 2.12 bits per heavy atom. The van der Waals surface area contributed by atoms with Gasteiger partial charge in [-0.15, -0.1) is 0 Å². The molecule has 17 heavy (non-hydrogen) atoms. The molecule has 0 radical (unpaired) electrons. The standard InChI is InChI=1S/C15H22O2/c1-4-15(17-14(16)9(2)3)8-10-7-13(15)12-6-5-11(10)12/h10-13H,2,4-8H2,1,3H3. The number of fused-ring (bicyclic) bond motifs is 5. The molecule has 0 aromatic rings. The third kappa shape index (κ3) is 1.42. The van der Waals surface area contributed by atoms with Gasteiger partial charge in [0.15, 0.2) is 0 Å². The summed E-state index contributed by atoms with van der Waals surface area (Å²) in [5, 5.41) is 0. The van der Waals surface area contributed by atoms with E-state index >= 15 is 0 Å². The van der Waals surface area contributed by atoms with E-state index in [2.05, 4.69) is 13.5 Å². The Labute approximate surface area is 103 Å². The molecule has 0 heterocycles. The molecule has 0 N–H and O–H groups in total. The van der Waals surface area contributed by atoms with Crippen molar-refractivity contribution in [1.82, 2.24) is 0 Å². The van der Waals surface area contributed by atoms with Gasteiger partial charge in [0.05, 0.1) is 0 Å². The summed E-state index contributed by atoms with van der Waals surface area (Å²) in [6.45, 7) is 7.61. The van der Waals surface area contributed by atoms with Gasteiger partial charge in [-0.25, -0.2) is 4.79 Å². The summed E-state index contributed by atoms with van der Waals surface area (Å²) in [7, 11) is 0. The fourth-order valence-electron chi connectivity index (χ4n) is 4.61. The van der Waals surface area contributed by atoms with Crippen LogP contribution in [0, 0.1) is 23.7 Å². The summed E-state index contributed by atoms with van der Waals surface area (Å²) in [4.78, 5) is 11.8. The molecule has 5 atom stereocenters.